The zero-order chi connectivity index (χ0) is 10.8. The molecule has 0 saturated carbocycles. The summed E-state index contributed by atoms with van der Waals surface area (Å²) in [6.07, 6.45) is 10.5. The average molecular weight is 208 g/mol. The van der Waals surface area contributed by atoms with Crippen LogP contribution < -0.4 is 0 Å². The molecule has 0 atom stereocenters. The third kappa shape index (κ3) is 5.78. The third-order valence-electron chi connectivity index (χ3n) is 2.13. The van der Waals surface area contributed by atoms with Gasteiger partial charge in [-0.1, -0.05) is 12.8 Å². The van der Waals surface area contributed by atoms with Crippen molar-refractivity contribution in [2.75, 3.05) is 6.61 Å². The number of carbonyl (C=O) groups is 1. The maximum atomic E-state index is 9.84. The second-order valence-corrected chi connectivity index (χ2v) is 3.33. The van der Waals surface area contributed by atoms with Crippen molar-refractivity contribution >= 4 is 6.47 Å². The van der Waals surface area contributed by atoms with Gasteiger partial charge in [0.05, 0.1) is 12.3 Å². The van der Waals surface area contributed by atoms with Gasteiger partial charge in [-0.15, -0.1) is 0 Å². The monoisotopic (exact) mass is 208 g/mol. The molecular weight excluding hydrogens is 192 g/mol. The summed E-state index contributed by atoms with van der Waals surface area (Å²) in [5.74, 6) is 0. The summed E-state index contributed by atoms with van der Waals surface area (Å²) in [6, 6.07) is 0. The molecule has 1 rings (SSSR count). The molecule has 0 saturated heterocycles. The summed E-state index contributed by atoms with van der Waals surface area (Å²) in [6.45, 7) is 1.04. The molecule has 0 aromatic carbocycles. The van der Waals surface area contributed by atoms with E-state index in [0.29, 0.717) is 13.1 Å². The standard InChI is InChI=1S/C11H16N2O2/c14-10-15-8-4-2-1-3-5-11-9-12-6-7-13-11/h6-7,9-10H,1-5,8H2. The number of carbonyl (C=O) groups excluding carboxylic acids is 1. The lowest BCUT2D eigenvalue weighted by Gasteiger charge is -2.00. The molecule has 82 valence electrons. The van der Waals surface area contributed by atoms with Crippen LogP contribution in [-0.2, 0) is 16.0 Å². The summed E-state index contributed by atoms with van der Waals surface area (Å²) in [4.78, 5) is 18.0. The molecule has 0 bridgehead atoms. The van der Waals surface area contributed by atoms with E-state index >= 15 is 0 Å². The quantitative estimate of drug-likeness (QED) is 0.482. The highest BCUT2D eigenvalue weighted by molar-refractivity contribution is 5.36. The predicted molar refractivity (Wildman–Crippen MR) is 56.2 cm³/mol. The Labute approximate surface area is 89.7 Å². The van der Waals surface area contributed by atoms with Crippen molar-refractivity contribution in [2.24, 2.45) is 0 Å². The second kappa shape index (κ2) is 7.91. The van der Waals surface area contributed by atoms with E-state index in [4.69, 9.17) is 0 Å². The Morgan fingerprint density at radius 2 is 2.07 bits per heavy atom. The highest BCUT2D eigenvalue weighted by Crippen LogP contribution is 2.04. The number of ether oxygens (including phenoxy) is 1. The SMILES string of the molecule is O=COCCCCCCc1cnccn1. The molecule has 15 heavy (non-hydrogen) atoms. The van der Waals surface area contributed by atoms with Gasteiger partial charge in [0.2, 0.25) is 0 Å². The minimum Gasteiger partial charge on any atom is -0.468 e. The van der Waals surface area contributed by atoms with E-state index < -0.39 is 0 Å². The number of aromatic nitrogens is 2. The molecule has 0 radical (unpaired) electrons. The summed E-state index contributed by atoms with van der Waals surface area (Å²) >= 11 is 0. The normalized spacial score (nSPS) is 9.87. The second-order valence-electron chi connectivity index (χ2n) is 3.33. The van der Waals surface area contributed by atoms with Gasteiger partial charge in [0.1, 0.15) is 0 Å². The number of aryl methyl sites for hydroxylation is 1. The Morgan fingerprint density at radius 1 is 1.20 bits per heavy atom. The molecular formula is C11H16N2O2. The van der Waals surface area contributed by atoms with Gasteiger partial charge in [0.25, 0.3) is 6.47 Å². The average Bonchev–Trinajstić information content (AvgIpc) is 2.29. The summed E-state index contributed by atoms with van der Waals surface area (Å²) in [7, 11) is 0. The van der Waals surface area contributed by atoms with Crippen LogP contribution in [0.25, 0.3) is 0 Å². The van der Waals surface area contributed by atoms with Crippen molar-refractivity contribution < 1.29 is 9.53 Å². The van der Waals surface area contributed by atoms with Gasteiger partial charge in [-0.25, -0.2) is 0 Å². The first-order valence-electron chi connectivity index (χ1n) is 5.23. The Bertz CT molecular complexity index is 265. The molecule has 0 aliphatic heterocycles. The summed E-state index contributed by atoms with van der Waals surface area (Å²) in [5, 5.41) is 0. The third-order valence-corrected chi connectivity index (χ3v) is 2.13. The number of hydrogen-bond donors (Lipinski definition) is 0. The minimum atomic E-state index is 0.500. The topological polar surface area (TPSA) is 52.1 Å². The molecule has 0 amide bonds. The molecule has 0 aliphatic rings. The van der Waals surface area contributed by atoms with Crippen molar-refractivity contribution in [3.8, 4) is 0 Å². The lowest BCUT2D eigenvalue weighted by Crippen LogP contribution is -1.93. The van der Waals surface area contributed by atoms with E-state index in [9.17, 15) is 4.79 Å². The van der Waals surface area contributed by atoms with Crippen LogP contribution in [0, 0.1) is 0 Å². The van der Waals surface area contributed by atoms with E-state index in [-0.39, 0.29) is 0 Å². The number of rotatable bonds is 8. The van der Waals surface area contributed by atoms with Gasteiger partial charge in [-0.3, -0.25) is 14.8 Å². The molecule has 4 nitrogen and oxygen atoms in total. The fraction of sp³-hybridized carbons (Fsp3) is 0.545. The van der Waals surface area contributed by atoms with Crippen LogP contribution in [0.4, 0.5) is 0 Å². The molecule has 0 fully saturated rings. The van der Waals surface area contributed by atoms with Crippen LogP contribution in [0.2, 0.25) is 0 Å². The Kier molecular flexibility index (Phi) is 6.13. The molecule has 0 aliphatic carbocycles. The molecule has 1 heterocycles. The van der Waals surface area contributed by atoms with Gasteiger partial charge in [-0.2, -0.15) is 0 Å². The van der Waals surface area contributed by atoms with Gasteiger partial charge >= 0.3 is 0 Å². The van der Waals surface area contributed by atoms with E-state index in [0.717, 1.165) is 37.8 Å². The van der Waals surface area contributed by atoms with Crippen LogP contribution in [0.15, 0.2) is 18.6 Å². The highest BCUT2D eigenvalue weighted by Gasteiger charge is 1.94. The first-order valence-corrected chi connectivity index (χ1v) is 5.23. The summed E-state index contributed by atoms with van der Waals surface area (Å²) < 4.78 is 4.60. The van der Waals surface area contributed by atoms with Crippen molar-refractivity contribution in [3.63, 3.8) is 0 Å². The predicted octanol–water partition coefficient (Wildman–Crippen LogP) is 1.75. The number of nitrogens with zero attached hydrogens (tertiary/aromatic N) is 2. The van der Waals surface area contributed by atoms with E-state index in [2.05, 4.69) is 14.7 Å². The maximum absolute atomic E-state index is 9.84. The Morgan fingerprint density at radius 3 is 2.80 bits per heavy atom. The molecule has 1 aromatic rings. The molecule has 1 aromatic heterocycles. The van der Waals surface area contributed by atoms with Gasteiger partial charge in [0, 0.05) is 18.6 Å². The largest absolute Gasteiger partial charge is 0.468 e. The van der Waals surface area contributed by atoms with Crippen molar-refractivity contribution in [1.82, 2.24) is 9.97 Å². The number of unbranched alkanes of at least 4 members (excludes halogenated alkanes) is 3. The van der Waals surface area contributed by atoms with Crippen molar-refractivity contribution in [3.05, 3.63) is 24.3 Å². The van der Waals surface area contributed by atoms with Crippen LogP contribution in [-0.4, -0.2) is 23.0 Å². The fourth-order valence-electron chi connectivity index (χ4n) is 1.35. The van der Waals surface area contributed by atoms with Crippen molar-refractivity contribution in [2.45, 2.75) is 32.1 Å². The van der Waals surface area contributed by atoms with Crippen LogP contribution in [0.1, 0.15) is 31.4 Å². The smallest absolute Gasteiger partial charge is 0.293 e. The lowest BCUT2D eigenvalue weighted by atomic mass is 10.1. The van der Waals surface area contributed by atoms with Crippen LogP contribution in [0.3, 0.4) is 0 Å². The Hall–Kier alpha value is -1.45. The minimum absolute atomic E-state index is 0.500. The summed E-state index contributed by atoms with van der Waals surface area (Å²) in [5.41, 5.74) is 1.04. The zero-order valence-electron chi connectivity index (χ0n) is 8.76. The zero-order valence-corrected chi connectivity index (χ0v) is 8.76. The first kappa shape index (κ1) is 11.6. The molecule has 4 heteroatoms. The first-order chi connectivity index (χ1) is 7.43. The van der Waals surface area contributed by atoms with Crippen LogP contribution >= 0.6 is 0 Å². The van der Waals surface area contributed by atoms with E-state index in [1.165, 1.54) is 0 Å². The van der Waals surface area contributed by atoms with Gasteiger partial charge in [0.15, 0.2) is 0 Å². The Balaban J connectivity index is 1.95. The van der Waals surface area contributed by atoms with Crippen molar-refractivity contribution in [1.29, 1.82) is 0 Å². The van der Waals surface area contributed by atoms with E-state index in [1.807, 2.05) is 0 Å². The molecule has 0 unspecified atom stereocenters. The van der Waals surface area contributed by atoms with Gasteiger partial charge < -0.3 is 4.74 Å². The lowest BCUT2D eigenvalue weighted by molar-refractivity contribution is -0.128. The molecule has 0 spiro atoms. The van der Waals surface area contributed by atoms with Gasteiger partial charge in [-0.05, 0) is 19.3 Å². The highest BCUT2D eigenvalue weighted by atomic mass is 16.5. The number of hydrogen-bond acceptors (Lipinski definition) is 4. The van der Waals surface area contributed by atoms with Crippen LogP contribution in [0.5, 0.6) is 0 Å². The fourth-order valence-corrected chi connectivity index (χ4v) is 1.35. The molecule has 0 N–H and O–H groups in total. The maximum Gasteiger partial charge on any atom is 0.293 e. The van der Waals surface area contributed by atoms with E-state index in [1.54, 1.807) is 18.6 Å².